The van der Waals surface area contributed by atoms with Gasteiger partial charge in [-0.3, -0.25) is 9.59 Å². The molecule has 0 aliphatic rings. The van der Waals surface area contributed by atoms with Gasteiger partial charge < -0.3 is 15.4 Å². The van der Waals surface area contributed by atoms with Crippen LogP contribution in [0.1, 0.15) is 21.5 Å². The Hall–Kier alpha value is -3.47. The van der Waals surface area contributed by atoms with Gasteiger partial charge in [-0.15, -0.1) is 6.42 Å². The number of amides is 2. The Morgan fingerprint density at radius 1 is 1.00 bits per heavy atom. The molecule has 0 spiro atoms. The van der Waals surface area contributed by atoms with Crippen molar-refractivity contribution in [1.82, 2.24) is 10.6 Å². The van der Waals surface area contributed by atoms with E-state index in [4.69, 9.17) is 11.2 Å². The van der Waals surface area contributed by atoms with Crippen molar-refractivity contribution < 1.29 is 27.5 Å². The lowest BCUT2D eigenvalue weighted by molar-refractivity contribution is -0.137. The van der Waals surface area contributed by atoms with Crippen LogP contribution in [-0.2, 0) is 17.4 Å². The Labute approximate surface area is 166 Å². The van der Waals surface area contributed by atoms with Crippen molar-refractivity contribution in [2.24, 2.45) is 0 Å². The van der Waals surface area contributed by atoms with E-state index in [1.165, 1.54) is 0 Å². The van der Waals surface area contributed by atoms with Crippen LogP contribution in [0.25, 0.3) is 0 Å². The number of ether oxygens (including phenoxy) is 1. The zero-order chi connectivity index (χ0) is 21.3. The summed E-state index contributed by atoms with van der Waals surface area (Å²) in [6.45, 7) is 0.270. The van der Waals surface area contributed by atoms with Gasteiger partial charge in [0.2, 0.25) is 5.91 Å². The van der Waals surface area contributed by atoms with E-state index < -0.39 is 23.6 Å². The van der Waals surface area contributed by atoms with Crippen LogP contribution < -0.4 is 15.4 Å². The molecule has 29 heavy (non-hydrogen) atoms. The van der Waals surface area contributed by atoms with Gasteiger partial charge in [-0.25, -0.2) is 0 Å². The molecule has 0 bridgehead atoms. The van der Waals surface area contributed by atoms with Gasteiger partial charge in [0.25, 0.3) is 5.91 Å². The Morgan fingerprint density at radius 3 is 2.24 bits per heavy atom. The molecule has 5 nitrogen and oxygen atoms in total. The number of hydrogen-bond acceptors (Lipinski definition) is 3. The molecule has 0 unspecified atom stereocenters. The van der Waals surface area contributed by atoms with Crippen LogP contribution in [-0.4, -0.2) is 31.5 Å². The first-order chi connectivity index (χ1) is 13.8. The molecule has 8 heteroatoms. The maximum atomic E-state index is 12.5. The molecule has 0 saturated carbocycles. The summed E-state index contributed by atoms with van der Waals surface area (Å²) in [6, 6.07) is 11.0. The second-order valence-corrected chi connectivity index (χ2v) is 5.99. The highest BCUT2D eigenvalue weighted by Crippen LogP contribution is 2.29. The third kappa shape index (κ3) is 7.22. The first-order valence-electron chi connectivity index (χ1n) is 8.67. The van der Waals surface area contributed by atoms with Crippen LogP contribution in [0.4, 0.5) is 13.2 Å². The highest BCUT2D eigenvalue weighted by Gasteiger charge is 2.30. The minimum absolute atomic E-state index is 0.0398. The molecule has 0 aromatic heterocycles. The van der Waals surface area contributed by atoms with Crippen molar-refractivity contribution in [3.63, 3.8) is 0 Å². The molecule has 2 N–H and O–H groups in total. The average molecular weight is 404 g/mol. The van der Waals surface area contributed by atoms with Gasteiger partial charge in [0, 0.05) is 12.1 Å². The number of terminal acetylenes is 1. The second kappa shape index (κ2) is 10.2. The zero-order valence-electron chi connectivity index (χ0n) is 15.4. The van der Waals surface area contributed by atoms with E-state index >= 15 is 0 Å². The molecule has 0 atom stereocenters. The molecule has 2 aromatic carbocycles. The minimum Gasteiger partial charge on any atom is -0.481 e. The summed E-state index contributed by atoms with van der Waals surface area (Å²) in [5.74, 6) is 1.99. The van der Waals surface area contributed by atoms with Gasteiger partial charge in [-0.05, 0) is 48.4 Å². The smallest absolute Gasteiger partial charge is 0.416 e. The van der Waals surface area contributed by atoms with Crippen molar-refractivity contribution in [3.05, 3.63) is 65.2 Å². The lowest BCUT2D eigenvalue weighted by atomic mass is 10.1. The standard InChI is InChI=1S/C21H19F3N2O3/c1-2-13-29-18-9-3-15(4-10-18)11-12-25-19(27)14-26-20(28)16-5-7-17(8-6-16)21(22,23)24/h1,3-10H,11-14H2,(H,25,27)(H,26,28). The van der Waals surface area contributed by atoms with Crippen LogP contribution in [0.3, 0.4) is 0 Å². The Morgan fingerprint density at radius 2 is 1.66 bits per heavy atom. The van der Waals surface area contributed by atoms with Gasteiger partial charge in [0.05, 0.1) is 12.1 Å². The van der Waals surface area contributed by atoms with Crippen LogP contribution in [0, 0.1) is 12.3 Å². The predicted octanol–water partition coefficient (Wildman–Crippen LogP) is 2.81. The van der Waals surface area contributed by atoms with E-state index in [2.05, 4.69) is 16.6 Å². The highest BCUT2D eigenvalue weighted by molar-refractivity contribution is 5.96. The molecular weight excluding hydrogens is 385 g/mol. The first kappa shape index (κ1) is 21.8. The maximum Gasteiger partial charge on any atom is 0.416 e. The molecule has 0 heterocycles. The fourth-order valence-corrected chi connectivity index (χ4v) is 2.36. The summed E-state index contributed by atoms with van der Waals surface area (Å²) in [5, 5.41) is 5.02. The number of rotatable bonds is 8. The van der Waals surface area contributed by atoms with Gasteiger partial charge in [0.1, 0.15) is 12.4 Å². The van der Waals surface area contributed by atoms with E-state index in [1.54, 1.807) is 12.1 Å². The second-order valence-electron chi connectivity index (χ2n) is 5.99. The van der Waals surface area contributed by atoms with Crippen molar-refractivity contribution in [3.8, 4) is 18.1 Å². The topological polar surface area (TPSA) is 67.4 Å². The summed E-state index contributed by atoms with van der Waals surface area (Å²) >= 11 is 0. The highest BCUT2D eigenvalue weighted by atomic mass is 19.4. The fraction of sp³-hybridized carbons (Fsp3) is 0.238. The van der Waals surface area contributed by atoms with Gasteiger partial charge in [-0.2, -0.15) is 13.2 Å². The Bertz CT molecular complexity index is 870. The number of carbonyl (C=O) groups is 2. The molecule has 0 saturated heterocycles. The van der Waals surface area contributed by atoms with E-state index in [1.807, 2.05) is 12.1 Å². The van der Waals surface area contributed by atoms with E-state index in [0.717, 1.165) is 29.8 Å². The van der Waals surface area contributed by atoms with Gasteiger partial charge in [-0.1, -0.05) is 18.1 Å². The Kier molecular flexibility index (Phi) is 7.66. The largest absolute Gasteiger partial charge is 0.481 e. The third-order valence-corrected chi connectivity index (χ3v) is 3.87. The summed E-state index contributed by atoms with van der Waals surface area (Å²) in [7, 11) is 0. The number of alkyl halides is 3. The number of benzene rings is 2. The number of carbonyl (C=O) groups excluding carboxylic acids is 2. The fourth-order valence-electron chi connectivity index (χ4n) is 2.36. The van der Waals surface area contributed by atoms with Gasteiger partial charge in [0.15, 0.2) is 0 Å². The molecule has 0 aliphatic carbocycles. The molecule has 0 fully saturated rings. The van der Waals surface area contributed by atoms with Crippen LogP contribution in [0.15, 0.2) is 48.5 Å². The summed E-state index contributed by atoms with van der Waals surface area (Å²) in [4.78, 5) is 23.7. The molecule has 152 valence electrons. The molecule has 2 rings (SSSR count). The third-order valence-electron chi connectivity index (χ3n) is 3.87. The predicted molar refractivity (Wildman–Crippen MR) is 101 cm³/mol. The van der Waals surface area contributed by atoms with Crippen molar-refractivity contribution >= 4 is 11.8 Å². The van der Waals surface area contributed by atoms with Crippen molar-refractivity contribution in [2.45, 2.75) is 12.6 Å². The monoisotopic (exact) mass is 404 g/mol. The van der Waals surface area contributed by atoms with Crippen molar-refractivity contribution in [1.29, 1.82) is 0 Å². The lowest BCUT2D eigenvalue weighted by Gasteiger charge is -2.09. The van der Waals surface area contributed by atoms with E-state index in [-0.39, 0.29) is 18.7 Å². The van der Waals surface area contributed by atoms with Crippen LogP contribution in [0.2, 0.25) is 0 Å². The SMILES string of the molecule is C#CCOc1ccc(CCNC(=O)CNC(=O)c2ccc(C(F)(F)F)cc2)cc1. The molecular formula is C21H19F3N2O3. The number of halogens is 3. The summed E-state index contributed by atoms with van der Waals surface area (Å²) < 4.78 is 42.8. The minimum atomic E-state index is -4.47. The first-order valence-corrected chi connectivity index (χ1v) is 8.67. The molecule has 2 aromatic rings. The Balaban J connectivity index is 1.71. The zero-order valence-corrected chi connectivity index (χ0v) is 15.4. The quantitative estimate of drug-likeness (QED) is 0.665. The van der Waals surface area contributed by atoms with E-state index in [9.17, 15) is 22.8 Å². The average Bonchev–Trinajstić information content (AvgIpc) is 2.71. The summed E-state index contributed by atoms with van der Waals surface area (Å²) in [6.07, 6.45) is 1.22. The lowest BCUT2D eigenvalue weighted by Crippen LogP contribution is -2.37. The van der Waals surface area contributed by atoms with Gasteiger partial charge >= 0.3 is 6.18 Å². The summed E-state index contributed by atoms with van der Waals surface area (Å²) in [5.41, 5.74) is 0.174. The number of hydrogen-bond donors (Lipinski definition) is 2. The maximum absolute atomic E-state index is 12.5. The molecule has 0 radical (unpaired) electrons. The molecule has 0 aliphatic heterocycles. The van der Waals surface area contributed by atoms with Crippen LogP contribution >= 0.6 is 0 Å². The van der Waals surface area contributed by atoms with E-state index in [0.29, 0.717) is 18.7 Å². The van der Waals surface area contributed by atoms with Crippen molar-refractivity contribution in [2.75, 3.05) is 19.7 Å². The normalized spacial score (nSPS) is 10.7. The number of nitrogens with one attached hydrogen (secondary N) is 2. The van der Waals surface area contributed by atoms with Crippen LogP contribution in [0.5, 0.6) is 5.75 Å². The molecule has 2 amide bonds.